The maximum Gasteiger partial charge on any atom is 0.500 e. The van der Waals surface area contributed by atoms with E-state index < -0.39 is 8.80 Å². The van der Waals surface area contributed by atoms with Crippen molar-refractivity contribution in [3.8, 4) is 11.4 Å². The highest BCUT2D eigenvalue weighted by molar-refractivity contribution is 6.60. The van der Waals surface area contributed by atoms with Crippen molar-refractivity contribution in [2.24, 2.45) is 0 Å². The standard InChI is InChI=1S/C17H24N2O3Si/c1-20-23(21-2,22-3)13-7-5-8-15-10-12-19-17(14-15)16-9-4-6-11-18-16/h4,6,9-12,14H,5,7-8,13H2,1-3H3. The fraction of sp³-hybridized carbons (Fsp3) is 0.412. The summed E-state index contributed by atoms with van der Waals surface area (Å²) in [6, 6.07) is 10.8. The van der Waals surface area contributed by atoms with Crippen LogP contribution < -0.4 is 0 Å². The van der Waals surface area contributed by atoms with E-state index in [4.69, 9.17) is 13.3 Å². The molecule has 124 valence electrons. The van der Waals surface area contributed by atoms with Crippen molar-refractivity contribution in [1.29, 1.82) is 0 Å². The van der Waals surface area contributed by atoms with E-state index in [1.807, 2.05) is 24.4 Å². The lowest BCUT2D eigenvalue weighted by Gasteiger charge is -2.24. The lowest BCUT2D eigenvalue weighted by atomic mass is 10.1. The molecule has 0 aromatic carbocycles. The molecule has 23 heavy (non-hydrogen) atoms. The summed E-state index contributed by atoms with van der Waals surface area (Å²) >= 11 is 0. The molecule has 0 atom stereocenters. The molecule has 5 nitrogen and oxygen atoms in total. The van der Waals surface area contributed by atoms with Crippen LogP contribution in [0.2, 0.25) is 6.04 Å². The highest BCUT2D eigenvalue weighted by Gasteiger charge is 2.36. The van der Waals surface area contributed by atoms with E-state index in [0.29, 0.717) is 0 Å². The topological polar surface area (TPSA) is 53.5 Å². The highest BCUT2D eigenvalue weighted by atomic mass is 28.4. The molecule has 0 N–H and O–H groups in total. The minimum absolute atomic E-state index is 0.828. The zero-order valence-electron chi connectivity index (χ0n) is 14.0. The minimum atomic E-state index is -2.44. The predicted octanol–water partition coefficient (Wildman–Crippen LogP) is 3.34. The highest BCUT2D eigenvalue weighted by Crippen LogP contribution is 2.19. The van der Waals surface area contributed by atoms with E-state index in [-0.39, 0.29) is 0 Å². The summed E-state index contributed by atoms with van der Waals surface area (Å²) in [6.07, 6.45) is 6.68. The van der Waals surface area contributed by atoms with Gasteiger partial charge in [-0.2, -0.15) is 0 Å². The Balaban J connectivity index is 1.89. The maximum atomic E-state index is 5.44. The molecule has 0 aliphatic carbocycles. The first-order valence-corrected chi connectivity index (χ1v) is 9.68. The van der Waals surface area contributed by atoms with Gasteiger partial charge in [-0.15, -0.1) is 0 Å². The van der Waals surface area contributed by atoms with Crippen molar-refractivity contribution < 1.29 is 13.3 Å². The second kappa shape index (κ2) is 8.88. The Labute approximate surface area is 139 Å². The molecule has 0 aliphatic rings. The summed E-state index contributed by atoms with van der Waals surface area (Å²) in [4.78, 5) is 8.75. The monoisotopic (exact) mass is 332 g/mol. The molecule has 2 heterocycles. The average Bonchev–Trinajstić information content (AvgIpc) is 2.63. The van der Waals surface area contributed by atoms with Crippen LogP contribution in [0.15, 0.2) is 42.7 Å². The molecule has 0 fully saturated rings. The number of rotatable bonds is 9. The summed E-state index contributed by atoms with van der Waals surface area (Å²) in [6.45, 7) is 0. The van der Waals surface area contributed by atoms with E-state index in [1.54, 1.807) is 27.5 Å². The summed E-state index contributed by atoms with van der Waals surface area (Å²) in [5.41, 5.74) is 3.08. The molecule has 0 aliphatic heterocycles. The average molecular weight is 332 g/mol. The Hall–Kier alpha value is -1.60. The van der Waals surface area contributed by atoms with Crippen molar-refractivity contribution in [1.82, 2.24) is 9.97 Å². The molecule has 6 heteroatoms. The van der Waals surface area contributed by atoms with Crippen molar-refractivity contribution in [2.75, 3.05) is 21.3 Å². The first kappa shape index (κ1) is 17.7. The molecule has 0 radical (unpaired) electrons. The van der Waals surface area contributed by atoms with Gasteiger partial charge in [-0.3, -0.25) is 9.97 Å². The third-order valence-electron chi connectivity index (χ3n) is 3.88. The summed E-state index contributed by atoms with van der Waals surface area (Å²) in [5, 5.41) is 0. The second-order valence-corrected chi connectivity index (χ2v) is 8.36. The van der Waals surface area contributed by atoms with Crippen molar-refractivity contribution in [3.63, 3.8) is 0 Å². The van der Waals surface area contributed by atoms with Crippen LogP contribution in [0, 0.1) is 0 Å². The van der Waals surface area contributed by atoms with E-state index >= 15 is 0 Å². The largest absolute Gasteiger partial charge is 0.500 e. The van der Waals surface area contributed by atoms with Crippen LogP contribution in [0.25, 0.3) is 11.4 Å². The molecular formula is C17H24N2O3Si. The molecule has 0 unspecified atom stereocenters. The van der Waals surface area contributed by atoms with Gasteiger partial charge in [0.15, 0.2) is 0 Å². The Bertz CT molecular complexity index is 583. The van der Waals surface area contributed by atoms with Crippen LogP contribution >= 0.6 is 0 Å². The third kappa shape index (κ3) is 4.94. The minimum Gasteiger partial charge on any atom is -0.377 e. The molecular weight excluding hydrogens is 308 g/mol. The number of hydrogen-bond acceptors (Lipinski definition) is 5. The van der Waals surface area contributed by atoms with Gasteiger partial charge in [0.05, 0.1) is 11.4 Å². The molecule has 0 saturated carbocycles. The molecule has 0 spiro atoms. The number of pyridine rings is 2. The Morgan fingerprint density at radius 1 is 0.870 bits per heavy atom. The first-order chi connectivity index (χ1) is 11.2. The van der Waals surface area contributed by atoms with Gasteiger partial charge in [-0.1, -0.05) is 6.07 Å². The van der Waals surface area contributed by atoms with Crippen LogP contribution in [0.1, 0.15) is 18.4 Å². The number of hydrogen-bond donors (Lipinski definition) is 0. The normalized spacial score (nSPS) is 11.6. The van der Waals surface area contributed by atoms with Gasteiger partial charge in [0.1, 0.15) is 0 Å². The van der Waals surface area contributed by atoms with E-state index in [0.717, 1.165) is 36.7 Å². The SMILES string of the molecule is CO[Si](CCCCc1ccnc(-c2ccccn2)c1)(OC)OC. The number of nitrogens with zero attached hydrogens (tertiary/aromatic N) is 2. The molecule has 2 aromatic rings. The summed E-state index contributed by atoms with van der Waals surface area (Å²) in [5.74, 6) is 0. The van der Waals surface area contributed by atoms with Crippen molar-refractivity contribution in [2.45, 2.75) is 25.3 Å². The predicted molar refractivity (Wildman–Crippen MR) is 92.0 cm³/mol. The molecule has 0 amide bonds. The molecule has 0 bridgehead atoms. The van der Waals surface area contributed by atoms with Crippen molar-refractivity contribution >= 4 is 8.80 Å². The van der Waals surface area contributed by atoms with Gasteiger partial charge >= 0.3 is 8.80 Å². The fourth-order valence-corrected chi connectivity index (χ4v) is 4.31. The Morgan fingerprint density at radius 3 is 2.26 bits per heavy atom. The van der Waals surface area contributed by atoms with Crippen LogP contribution in [0.4, 0.5) is 0 Å². The van der Waals surface area contributed by atoms with Gasteiger partial charge in [0, 0.05) is 39.8 Å². The number of unbranched alkanes of at least 4 members (excludes halogenated alkanes) is 1. The van der Waals surface area contributed by atoms with Gasteiger partial charge in [0.2, 0.25) is 0 Å². The molecule has 0 saturated heterocycles. The van der Waals surface area contributed by atoms with Crippen LogP contribution in [0.5, 0.6) is 0 Å². The van der Waals surface area contributed by atoms with Gasteiger partial charge in [-0.25, -0.2) is 0 Å². The van der Waals surface area contributed by atoms with E-state index in [1.165, 1.54) is 5.56 Å². The first-order valence-electron chi connectivity index (χ1n) is 7.75. The number of aromatic nitrogens is 2. The van der Waals surface area contributed by atoms with E-state index in [2.05, 4.69) is 22.1 Å². The Morgan fingerprint density at radius 2 is 1.61 bits per heavy atom. The lowest BCUT2D eigenvalue weighted by molar-refractivity contribution is 0.123. The quantitative estimate of drug-likeness (QED) is 0.521. The Kier molecular flexibility index (Phi) is 6.85. The van der Waals surface area contributed by atoms with Gasteiger partial charge < -0.3 is 13.3 Å². The number of aryl methyl sites for hydroxylation is 1. The summed E-state index contributed by atoms with van der Waals surface area (Å²) in [7, 11) is 2.52. The smallest absolute Gasteiger partial charge is 0.377 e. The lowest BCUT2D eigenvalue weighted by Crippen LogP contribution is -2.42. The van der Waals surface area contributed by atoms with Crippen molar-refractivity contribution in [3.05, 3.63) is 48.3 Å². The van der Waals surface area contributed by atoms with Crippen LogP contribution in [-0.2, 0) is 19.7 Å². The van der Waals surface area contributed by atoms with Gasteiger partial charge in [-0.05, 0) is 49.1 Å². The van der Waals surface area contributed by atoms with E-state index in [9.17, 15) is 0 Å². The summed E-state index contributed by atoms with van der Waals surface area (Å²) < 4.78 is 16.3. The molecule has 2 aromatic heterocycles. The van der Waals surface area contributed by atoms with Gasteiger partial charge in [0.25, 0.3) is 0 Å². The third-order valence-corrected chi connectivity index (χ3v) is 6.72. The second-order valence-electron chi connectivity index (χ2n) is 5.27. The van der Waals surface area contributed by atoms with Crippen LogP contribution in [0.3, 0.4) is 0 Å². The maximum absolute atomic E-state index is 5.44. The zero-order chi connectivity index (χ0) is 16.5. The van der Waals surface area contributed by atoms with Crippen LogP contribution in [-0.4, -0.2) is 40.1 Å². The molecule has 2 rings (SSSR count). The fourth-order valence-electron chi connectivity index (χ4n) is 2.51. The zero-order valence-corrected chi connectivity index (χ0v) is 15.0.